The molecule has 2 unspecified atom stereocenters. The Labute approximate surface area is 273 Å². The molecular formula is C31H41N5O6S3. The van der Waals surface area contributed by atoms with Crippen LogP contribution in [0.15, 0.2) is 34.3 Å². The van der Waals surface area contributed by atoms with Crippen molar-refractivity contribution in [3.05, 3.63) is 40.3 Å². The molecule has 0 bridgehead atoms. The molecule has 3 heterocycles. The zero-order valence-corrected chi connectivity index (χ0v) is 28.8. The number of anilines is 1. The molecule has 1 aliphatic heterocycles. The second-order valence-corrected chi connectivity index (χ2v) is 16.2. The fraction of sp³-hybridized carbons (Fsp3) is 0.548. The van der Waals surface area contributed by atoms with Crippen LogP contribution in [-0.4, -0.2) is 77.5 Å². The predicted octanol–water partition coefficient (Wildman–Crippen LogP) is 5.10. The lowest BCUT2D eigenvalue weighted by molar-refractivity contribution is -0.115. The summed E-state index contributed by atoms with van der Waals surface area (Å²) in [4.78, 5) is 27.8. The van der Waals surface area contributed by atoms with Gasteiger partial charge in [-0.05, 0) is 62.6 Å². The molecular weight excluding hydrogens is 635 g/mol. The average molecular weight is 676 g/mol. The van der Waals surface area contributed by atoms with Crippen LogP contribution in [-0.2, 0) is 43.7 Å². The van der Waals surface area contributed by atoms with Gasteiger partial charge < -0.3 is 19.4 Å². The Kier molecular flexibility index (Phi) is 10.7. The summed E-state index contributed by atoms with van der Waals surface area (Å²) in [7, 11) is -3.69. The Morgan fingerprint density at radius 3 is 2.67 bits per heavy atom. The number of sulfonamides is 1. The molecule has 1 fully saturated rings. The van der Waals surface area contributed by atoms with Gasteiger partial charge in [0, 0.05) is 30.1 Å². The molecule has 1 amide bonds. The zero-order chi connectivity index (χ0) is 32.3. The molecule has 14 heteroatoms. The van der Waals surface area contributed by atoms with Gasteiger partial charge in [-0.15, -0.1) is 21.5 Å². The van der Waals surface area contributed by atoms with Crippen molar-refractivity contribution in [1.82, 2.24) is 19.1 Å². The van der Waals surface area contributed by atoms with E-state index in [2.05, 4.69) is 36.3 Å². The van der Waals surface area contributed by atoms with Crippen LogP contribution in [0.5, 0.6) is 0 Å². The molecule has 1 aliphatic carbocycles. The van der Waals surface area contributed by atoms with E-state index in [4.69, 9.17) is 9.47 Å². The van der Waals surface area contributed by atoms with E-state index in [1.165, 1.54) is 27.4 Å². The Bertz CT molecular complexity index is 1640. The first-order valence-corrected chi connectivity index (χ1v) is 18.5. The summed E-state index contributed by atoms with van der Waals surface area (Å²) in [6, 6.07) is 6.75. The van der Waals surface area contributed by atoms with Crippen LogP contribution in [0.4, 0.5) is 5.00 Å². The Morgan fingerprint density at radius 1 is 1.20 bits per heavy atom. The molecule has 45 heavy (non-hydrogen) atoms. The van der Waals surface area contributed by atoms with Crippen molar-refractivity contribution in [3.63, 3.8) is 0 Å². The lowest BCUT2D eigenvalue weighted by Gasteiger charge is -2.26. The minimum absolute atomic E-state index is 0.188. The van der Waals surface area contributed by atoms with E-state index in [1.54, 1.807) is 32.0 Å². The Morgan fingerprint density at radius 2 is 1.96 bits per heavy atom. The van der Waals surface area contributed by atoms with Gasteiger partial charge in [-0.2, -0.15) is 4.31 Å². The topological polar surface area (TPSA) is 133 Å². The van der Waals surface area contributed by atoms with Crippen LogP contribution in [0.25, 0.3) is 11.4 Å². The molecule has 2 atom stereocenters. The third kappa shape index (κ3) is 7.46. The Balaban J connectivity index is 1.39. The Hall–Kier alpha value is -2.78. The lowest BCUT2D eigenvalue weighted by atomic mass is 9.88. The third-order valence-corrected chi connectivity index (χ3v) is 12.0. The van der Waals surface area contributed by atoms with Gasteiger partial charge in [0.2, 0.25) is 15.9 Å². The number of nitrogens with one attached hydrogen (secondary N) is 1. The van der Waals surface area contributed by atoms with Crippen LogP contribution in [0, 0.1) is 11.8 Å². The van der Waals surface area contributed by atoms with Crippen molar-refractivity contribution in [2.75, 3.05) is 38.2 Å². The summed E-state index contributed by atoms with van der Waals surface area (Å²) in [6.45, 7) is 12.1. The summed E-state index contributed by atoms with van der Waals surface area (Å²) in [5.41, 5.74) is 2.09. The maximum atomic E-state index is 13.5. The number of aromatic nitrogens is 3. The number of rotatable bonds is 11. The molecule has 0 spiro atoms. The molecule has 11 nitrogen and oxygen atoms in total. The van der Waals surface area contributed by atoms with Crippen LogP contribution in [0.1, 0.15) is 61.8 Å². The number of benzene rings is 1. The number of nitrogens with zero attached hydrogens (tertiary/aromatic N) is 4. The van der Waals surface area contributed by atoms with Gasteiger partial charge in [0.1, 0.15) is 5.00 Å². The lowest BCUT2D eigenvalue weighted by Crippen LogP contribution is -2.40. The third-order valence-electron chi connectivity index (χ3n) is 7.84. The van der Waals surface area contributed by atoms with Gasteiger partial charge in [0.05, 0.1) is 35.5 Å². The van der Waals surface area contributed by atoms with Crippen LogP contribution in [0.2, 0.25) is 0 Å². The van der Waals surface area contributed by atoms with Gasteiger partial charge in [-0.25, -0.2) is 13.2 Å². The zero-order valence-electron chi connectivity index (χ0n) is 26.4. The van der Waals surface area contributed by atoms with Gasteiger partial charge in [-0.3, -0.25) is 4.79 Å². The van der Waals surface area contributed by atoms with E-state index in [0.717, 1.165) is 29.7 Å². The molecule has 1 aromatic carbocycles. The number of carbonyl (C=O) groups is 2. The van der Waals surface area contributed by atoms with Gasteiger partial charge >= 0.3 is 5.97 Å². The number of thiophene rings is 1. The highest BCUT2D eigenvalue weighted by Crippen LogP contribution is 2.40. The number of hydrogen-bond donors (Lipinski definition) is 1. The monoisotopic (exact) mass is 675 g/mol. The molecule has 2 aliphatic rings. The smallest absolute Gasteiger partial charge is 0.341 e. The standard InChI is InChI=1S/C31H41N5O6S3/c1-6-42-30(38)26-24-11-10-20(4)16-25(24)44-29(26)32-28(37)21(5)43-31-34-33-27(36(31)18-19(2)3)22-8-7-9-23(17-22)45(39,40)35-12-14-41-15-13-35/h7-9,17,19-21H,6,10-16,18H2,1-5H3,(H,32,37). The number of ether oxygens (including phenoxy) is 2. The highest BCUT2D eigenvalue weighted by molar-refractivity contribution is 8.00. The predicted molar refractivity (Wildman–Crippen MR) is 175 cm³/mol. The highest BCUT2D eigenvalue weighted by atomic mass is 32.2. The van der Waals surface area contributed by atoms with Crippen molar-refractivity contribution in [1.29, 1.82) is 0 Å². The van der Waals surface area contributed by atoms with E-state index in [9.17, 15) is 18.0 Å². The molecule has 0 saturated carbocycles. The van der Waals surface area contributed by atoms with E-state index in [-0.39, 0.29) is 23.3 Å². The fourth-order valence-electron chi connectivity index (χ4n) is 5.53. The average Bonchev–Trinajstić information content (AvgIpc) is 3.57. The first kappa shape index (κ1) is 33.6. The van der Waals surface area contributed by atoms with Gasteiger partial charge in [-0.1, -0.05) is 44.7 Å². The number of amides is 1. The fourth-order valence-corrected chi connectivity index (χ4v) is 9.25. The number of carbonyl (C=O) groups excluding carboxylic acids is 2. The van der Waals surface area contributed by atoms with Crippen molar-refractivity contribution in [2.24, 2.45) is 11.8 Å². The number of morpholine rings is 1. The number of thioether (sulfide) groups is 1. The number of fused-ring (bicyclic) bond motifs is 1. The first-order valence-electron chi connectivity index (χ1n) is 15.4. The van der Waals surface area contributed by atoms with E-state index >= 15 is 0 Å². The van der Waals surface area contributed by atoms with E-state index in [0.29, 0.717) is 65.9 Å². The van der Waals surface area contributed by atoms with Gasteiger partial charge in [0.15, 0.2) is 11.0 Å². The molecule has 1 N–H and O–H groups in total. The van der Waals surface area contributed by atoms with E-state index in [1.807, 2.05) is 10.6 Å². The maximum Gasteiger partial charge on any atom is 0.341 e. The van der Waals surface area contributed by atoms with Crippen molar-refractivity contribution in [3.8, 4) is 11.4 Å². The van der Waals surface area contributed by atoms with Crippen molar-refractivity contribution >= 4 is 50.0 Å². The maximum absolute atomic E-state index is 13.5. The van der Waals surface area contributed by atoms with Gasteiger partial charge in [0.25, 0.3) is 0 Å². The summed E-state index contributed by atoms with van der Waals surface area (Å²) in [6.07, 6.45) is 2.66. The summed E-state index contributed by atoms with van der Waals surface area (Å²) >= 11 is 2.74. The summed E-state index contributed by atoms with van der Waals surface area (Å²) in [5, 5.41) is 12.4. The molecule has 3 aromatic rings. The quantitative estimate of drug-likeness (QED) is 0.218. The van der Waals surface area contributed by atoms with E-state index < -0.39 is 21.2 Å². The highest BCUT2D eigenvalue weighted by Gasteiger charge is 2.31. The van der Waals surface area contributed by atoms with Crippen molar-refractivity contribution < 1.29 is 27.5 Å². The largest absolute Gasteiger partial charge is 0.462 e. The molecule has 1 saturated heterocycles. The number of esters is 1. The second kappa shape index (κ2) is 14.3. The SMILES string of the molecule is CCOC(=O)c1c(NC(=O)C(C)Sc2nnc(-c3cccc(S(=O)(=O)N4CCOCC4)c3)n2CC(C)C)sc2c1CCC(C)C2. The molecule has 5 rings (SSSR count). The van der Waals surface area contributed by atoms with Crippen LogP contribution < -0.4 is 5.32 Å². The number of hydrogen-bond acceptors (Lipinski definition) is 10. The minimum Gasteiger partial charge on any atom is -0.462 e. The van der Waals surface area contributed by atoms with Crippen molar-refractivity contribution in [2.45, 2.75) is 75.7 Å². The second-order valence-electron chi connectivity index (χ2n) is 11.9. The minimum atomic E-state index is -3.69. The summed E-state index contributed by atoms with van der Waals surface area (Å²) in [5.74, 6) is 0.625. The normalized spacial score (nSPS) is 18.0. The van der Waals surface area contributed by atoms with Crippen LogP contribution >= 0.6 is 23.1 Å². The summed E-state index contributed by atoms with van der Waals surface area (Å²) < 4.78 is 40.8. The molecule has 244 valence electrons. The molecule has 0 radical (unpaired) electrons. The van der Waals surface area contributed by atoms with Crippen LogP contribution in [0.3, 0.4) is 0 Å². The first-order chi connectivity index (χ1) is 21.5. The molecule has 2 aromatic heterocycles.